The Morgan fingerprint density at radius 2 is 0.744 bits per heavy atom. The van der Waals surface area contributed by atoms with Crippen LogP contribution in [0.15, 0.2) is 121 Å². The summed E-state index contributed by atoms with van der Waals surface area (Å²) >= 11 is 0. The molecule has 4 aromatic carbocycles. The van der Waals surface area contributed by atoms with Gasteiger partial charge in [-0.2, -0.15) is 0 Å². The molecule has 0 aliphatic heterocycles. The van der Waals surface area contributed by atoms with Gasteiger partial charge >= 0.3 is 11.9 Å². The van der Waals surface area contributed by atoms with E-state index in [1.807, 2.05) is 72.8 Å². The molecule has 0 aliphatic carbocycles. The quantitative estimate of drug-likeness (QED) is 0.117. The number of hydrogen-bond acceptors (Lipinski definition) is 4. The molecule has 6 heteroatoms. The van der Waals surface area contributed by atoms with Crippen molar-refractivity contribution in [1.82, 2.24) is 0 Å². The lowest BCUT2D eigenvalue weighted by Gasteiger charge is -2.18. The van der Waals surface area contributed by atoms with Crippen molar-refractivity contribution in [2.45, 2.75) is 19.3 Å². The fourth-order valence-electron chi connectivity index (χ4n) is 4.23. The number of ether oxygens (including phenoxy) is 2. The average molecular weight is 557 g/mol. The second-order valence-corrected chi connectivity index (χ2v) is 13.6. The molecule has 0 fully saturated rings. The minimum absolute atomic E-state index is 0.211. The highest BCUT2D eigenvalue weighted by Gasteiger charge is 2.17. The molecule has 0 saturated carbocycles. The summed E-state index contributed by atoms with van der Waals surface area (Å²) in [6, 6.07) is 41.4. The first kappa shape index (κ1) is 28.7. The van der Waals surface area contributed by atoms with Crippen LogP contribution in [0.1, 0.15) is 19.3 Å². The van der Waals surface area contributed by atoms with Gasteiger partial charge in [0.25, 0.3) is 0 Å². The maximum atomic E-state index is 12.4. The third kappa shape index (κ3) is 9.43. The fourth-order valence-corrected chi connectivity index (χ4v) is 8.80. The predicted molar refractivity (Wildman–Crippen MR) is 164 cm³/mol. The van der Waals surface area contributed by atoms with Crippen molar-refractivity contribution in [3.05, 3.63) is 121 Å². The first-order valence-electron chi connectivity index (χ1n) is 13.3. The standard InChI is InChI=1S/C33H34O4P2/c34-32(22-26-38(28-14-5-1-6-15-28)29-16-7-2-8-17-29)36-24-13-25-37-33(35)23-27-39(30-18-9-3-10-19-30)31-20-11-4-12-21-31/h1-12,14-21H,13,22-27H2. The van der Waals surface area contributed by atoms with Crippen molar-refractivity contribution in [2.24, 2.45) is 0 Å². The van der Waals surface area contributed by atoms with Crippen molar-refractivity contribution >= 4 is 49.0 Å². The van der Waals surface area contributed by atoms with Crippen LogP contribution >= 0.6 is 15.8 Å². The number of carbonyl (C=O) groups excluding carboxylic acids is 2. The minimum Gasteiger partial charge on any atom is -0.466 e. The van der Waals surface area contributed by atoms with E-state index < -0.39 is 15.8 Å². The monoisotopic (exact) mass is 556 g/mol. The summed E-state index contributed by atoms with van der Waals surface area (Å²) in [5.74, 6) is -0.422. The van der Waals surface area contributed by atoms with Gasteiger partial charge in [-0.05, 0) is 49.4 Å². The molecular weight excluding hydrogens is 522 g/mol. The van der Waals surface area contributed by atoms with Crippen LogP contribution < -0.4 is 21.2 Å². The molecule has 4 aromatic rings. The number of esters is 2. The smallest absolute Gasteiger partial charge is 0.306 e. The van der Waals surface area contributed by atoms with Crippen LogP contribution in [0.5, 0.6) is 0 Å². The summed E-state index contributed by atoms with van der Waals surface area (Å²) < 4.78 is 10.9. The molecule has 0 spiro atoms. The highest BCUT2D eigenvalue weighted by Crippen LogP contribution is 2.35. The number of benzene rings is 4. The zero-order valence-corrected chi connectivity index (χ0v) is 23.8. The summed E-state index contributed by atoms with van der Waals surface area (Å²) in [7, 11) is -1.25. The Labute approximate surface area is 233 Å². The van der Waals surface area contributed by atoms with E-state index in [2.05, 4.69) is 48.5 Å². The SMILES string of the molecule is O=C(CCP(c1ccccc1)c1ccccc1)OCCCOC(=O)CCP(c1ccccc1)c1ccccc1. The molecule has 0 N–H and O–H groups in total. The molecule has 39 heavy (non-hydrogen) atoms. The molecule has 0 bridgehead atoms. The molecule has 0 atom stereocenters. The Hall–Kier alpha value is -3.32. The van der Waals surface area contributed by atoms with Gasteiger partial charge in [0.05, 0.1) is 26.1 Å². The van der Waals surface area contributed by atoms with Crippen molar-refractivity contribution in [2.75, 3.05) is 25.5 Å². The Morgan fingerprint density at radius 1 is 0.462 bits per heavy atom. The molecule has 0 unspecified atom stereocenters. The van der Waals surface area contributed by atoms with Gasteiger partial charge < -0.3 is 9.47 Å². The van der Waals surface area contributed by atoms with E-state index in [0.717, 1.165) is 12.3 Å². The molecule has 0 aromatic heterocycles. The zero-order valence-electron chi connectivity index (χ0n) is 22.0. The van der Waals surface area contributed by atoms with E-state index in [1.165, 1.54) is 21.2 Å². The normalized spacial score (nSPS) is 10.9. The van der Waals surface area contributed by atoms with Gasteiger partial charge in [0.1, 0.15) is 0 Å². The Bertz CT molecular complexity index is 1090. The number of carbonyl (C=O) groups is 2. The maximum Gasteiger partial charge on any atom is 0.306 e. The second-order valence-electron chi connectivity index (χ2n) is 8.94. The lowest BCUT2D eigenvalue weighted by atomic mass is 10.4. The third-order valence-electron chi connectivity index (χ3n) is 6.17. The maximum absolute atomic E-state index is 12.4. The molecule has 0 aliphatic rings. The third-order valence-corrected chi connectivity index (χ3v) is 11.2. The minimum atomic E-state index is -0.626. The molecular formula is C33H34O4P2. The fraction of sp³-hybridized carbons (Fsp3) is 0.212. The Kier molecular flexibility index (Phi) is 11.7. The van der Waals surface area contributed by atoms with Gasteiger partial charge in [0, 0.05) is 6.42 Å². The van der Waals surface area contributed by atoms with Gasteiger partial charge in [0.15, 0.2) is 0 Å². The van der Waals surface area contributed by atoms with Gasteiger partial charge in [-0.1, -0.05) is 121 Å². The lowest BCUT2D eigenvalue weighted by molar-refractivity contribution is -0.145. The number of hydrogen-bond donors (Lipinski definition) is 0. The van der Waals surface area contributed by atoms with Gasteiger partial charge in [0.2, 0.25) is 0 Å². The van der Waals surface area contributed by atoms with Gasteiger partial charge in [-0.3, -0.25) is 9.59 Å². The van der Waals surface area contributed by atoms with Crippen molar-refractivity contribution in [3.8, 4) is 0 Å². The first-order chi connectivity index (χ1) is 19.2. The van der Waals surface area contributed by atoms with Crippen LogP contribution in [0, 0.1) is 0 Å². The molecule has 0 heterocycles. The van der Waals surface area contributed by atoms with E-state index in [0.29, 0.717) is 19.3 Å². The predicted octanol–water partition coefficient (Wildman–Crippen LogP) is 5.51. The summed E-state index contributed by atoms with van der Waals surface area (Å²) in [6.07, 6.45) is 2.69. The van der Waals surface area contributed by atoms with Crippen molar-refractivity contribution < 1.29 is 19.1 Å². The summed E-state index contributed by atoms with van der Waals surface area (Å²) in [5, 5.41) is 5.01. The number of rotatable bonds is 14. The Balaban J connectivity index is 1.16. The van der Waals surface area contributed by atoms with E-state index in [9.17, 15) is 9.59 Å². The van der Waals surface area contributed by atoms with Crippen LogP contribution in [-0.2, 0) is 19.1 Å². The summed E-state index contributed by atoms with van der Waals surface area (Å²) in [6.45, 7) is 0.503. The topological polar surface area (TPSA) is 52.6 Å². The zero-order chi connectivity index (χ0) is 27.1. The molecule has 0 amide bonds. The molecule has 200 valence electrons. The molecule has 0 saturated heterocycles. The summed E-state index contributed by atoms with van der Waals surface area (Å²) in [5.41, 5.74) is 0. The van der Waals surface area contributed by atoms with E-state index in [-0.39, 0.29) is 25.2 Å². The van der Waals surface area contributed by atoms with Crippen LogP contribution in [0.25, 0.3) is 0 Å². The largest absolute Gasteiger partial charge is 0.466 e. The van der Waals surface area contributed by atoms with Gasteiger partial charge in [-0.15, -0.1) is 0 Å². The van der Waals surface area contributed by atoms with Crippen molar-refractivity contribution in [1.29, 1.82) is 0 Å². The Morgan fingerprint density at radius 3 is 1.03 bits per heavy atom. The molecule has 4 rings (SSSR count). The second kappa shape index (κ2) is 15.9. The highest BCUT2D eigenvalue weighted by molar-refractivity contribution is 7.73. The highest BCUT2D eigenvalue weighted by atomic mass is 31.1. The first-order valence-corrected chi connectivity index (χ1v) is 16.3. The van der Waals surface area contributed by atoms with E-state index in [4.69, 9.17) is 9.47 Å². The van der Waals surface area contributed by atoms with Crippen LogP contribution in [0.4, 0.5) is 0 Å². The summed E-state index contributed by atoms with van der Waals surface area (Å²) in [4.78, 5) is 24.9. The molecule has 4 nitrogen and oxygen atoms in total. The lowest BCUT2D eigenvalue weighted by Crippen LogP contribution is -2.18. The van der Waals surface area contributed by atoms with Gasteiger partial charge in [-0.25, -0.2) is 0 Å². The van der Waals surface area contributed by atoms with E-state index in [1.54, 1.807) is 0 Å². The van der Waals surface area contributed by atoms with Crippen LogP contribution in [-0.4, -0.2) is 37.5 Å². The molecule has 0 radical (unpaired) electrons. The van der Waals surface area contributed by atoms with Crippen LogP contribution in [0.2, 0.25) is 0 Å². The average Bonchev–Trinajstić information content (AvgIpc) is 2.99. The van der Waals surface area contributed by atoms with Crippen molar-refractivity contribution in [3.63, 3.8) is 0 Å². The van der Waals surface area contributed by atoms with E-state index >= 15 is 0 Å². The van der Waals surface area contributed by atoms with Crippen LogP contribution in [0.3, 0.4) is 0 Å².